The van der Waals surface area contributed by atoms with Gasteiger partial charge >= 0.3 is 0 Å². The molecule has 2 aromatic carbocycles. The van der Waals surface area contributed by atoms with Gasteiger partial charge in [0.1, 0.15) is 0 Å². The van der Waals surface area contributed by atoms with E-state index < -0.39 is 0 Å². The average Bonchev–Trinajstić information content (AvgIpc) is 2.33. The molecule has 16 heavy (non-hydrogen) atoms. The van der Waals surface area contributed by atoms with Gasteiger partial charge in [-0.15, -0.1) is 0 Å². The Morgan fingerprint density at radius 1 is 1.00 bits per heavy atom. The minimum Gasteiger partial charge on any atom is -0.192 e. The van der Waals surface area contributed by atoms with Crippen LogP contribution in [0.5, 0.6) is 0 Å². The zero-order chi connectivity index (χ0) is 11.4. The molecular weight excluding hydrogens is 214 g/mol. The van der Waals surface area contributed by atoms with E-state index in [9.17, 15) is 0 Å². The highest BCUT2D eigenvalue weighted by Gasteiger charge is 2.00. The molecule has 0 unspecified atom stereocenters. The lowest BCUT2D eigenvalue weighted by molar-refractivity contribution is 1.29. The summed E-state index contributed by atoms with van der Waals surface area (Å²) < 4.78 is 0. The van der Waals surface area contributed by atoms with E-state index >= 15 is 0 Å². The summed E-state index contributed by atoms with van der Waals surface area (Å²) >= 11 is 1.72. The number of nitrogens with zero attached hydrogens (tertiary/aromatic N) is 1. The van der Waals surface area contributed by atoms with Crippen LogP contribution in [0, 0.1) is 18.3 Å². The monoisotopic (exact) mass is 225 g/mol. The Bertz CT molecular complexity index is 523. The van der Waals surface area contributed by atoms with Gasteiger partial charge in [0, 0.05) is 9.79 Å². The lowest BCUT2D eigenvalue weighted by Crippen LogP contribution is -1.79. The lowest BCUT2D eigenvalue weighted by atomic mass is 10.2. The summed E-state index contributed by atoms with van der Waals surface area (Å²) in [6.07, 6.45) is 0. The summed E-state index contributed by atoms with van der Waals surface area (Å²) in [5.74, 6) is 0. The van der Waals surface area contributed by atoms with Gasteiger partial charge in [0.05, 0.1) is 11.6 Å². The molecule has 0 saturated heterocycles. The van der Waals surface area contributed by atoms with Crippen LogP contribution >= 0.6 is 11.8 Å². The molecule has 2 heteroatoms. The van der Waals surface area contributed by atoms with E-state index in [4.69, 9.17) is 5.26 Å². The molecule has 0 radical (unpaired) electrons. The first-order valence-corrected chi connectivity index (χ1v) is 5.85. The molecular formula is C14H11NS. The van der Waals surface area contributed by atoms with E-state index in [0.717, 1.165) is 4.90 Å². The maximum atomic E-state index is 8.71. The quantitative estimate of drug-likeness (QED) is 0.770. The van der Waals surface area contributed by atoms with Crippen LogP contribution in [0.1, 0.15) is 11.1 Å². The Kier molecular flexibility index (Phi) is 3.28. The van der Waals surface area contributed by atoms with Gasteiger partial charge in [-0.25, -0.2) is 0 Å². The number of nitriles is 1. The van der Waals surface area contributed by atoms with Crippen molar-refractivity contribution in [3.63, 3.8) is 0 Å². The molecule has 0 aliphatic heterocycles. The second-order valence-electron chi connectivity index (χ2n) is 3.50. The predicted molar refractivity (Wildman–Crippen MR) is 66.5 cm³/mol. The minimum atomic E-state index is 0.703. The van der Waals surface area contributed by atoms with Crippen LogP contribution in [0.4, 0.5) is 0 Å². The third-order valence-corrected chi connectivity index (χ3v) is 3.49. The molecule has 1 nitrogen and oxygen atoms in total. The molecule has 0 saturated carbocycles. The van der Waals surface area contributed by atoms with E-state index in [1.807, 2.05) is 36.4 Å². The molecule has 0 heterocycles. The van der Waals surface area contributed by atoms with Crippen LogP contribution in [-0.2, 0) is 0 Å². The van der Waals surface area contributed by atoms with Gasteiger partial charge in [0.15, 0.2) is 0 Å². The molecule has 0 fully saturated rings. The molecule has 0 aliphatic rings. The summed E-state index contributed by atoms with van der Waals surface area (Å²) in [4.78, 5) is 2.42. The largest absolute Gasteiger partial charge is 0.192 e. The molecule has 0 N–H and O–H groups in total. The van der Waals surface area contributed by atoms with Gasteiger partial charge in [0.2, 0.25) is 0 Å². The molecule has 78 valence electrons. The molecule has 0 aliphatic carbocycles. The van der Waals surface area contributed by atoms with Crippen LogP contribution in [-0.4, -0.2) is 0 Å². The highest BCUT2D eigenvalue weighted by atomic mass is 32.2. The van der Waals surface area contributed by atoms with Crippen LogP contribution < -0.4 is 0 Å². The number of rotatable bonds is 2. The molecule has 0 atom stereocenters. The van der Waals surface area contributed by atoms with E-state index in [0.29, 0.717) is 5.56 Å². The standard InChI is InChI=1S/C14H11NS/c1-11-4-2-3-5-14(11)16-13-8-6-12(10-15)7-9-13/h2-9H,1H3. The second-order valence-corrected chi connectivity index (χ2v) is 4.62. The number of hydrogen-bond donors (Lipinski definition) is 0. The first kappa shape index (κ1) is 10.8. The van der Waals surface area contributed by atoms with Gasteiger partial charge < -0.3 is 0 Å². The summed E-state index contributed by atoms with van der Waals surface area (Å²) in [5.41, 5.74) is 1.98. The molecule has 0 amide bonds. The third-order valence-electron chi connectivity index (χ3n) is 2.30. The van der Waals surface area contributed by atoms with Crippen molar-refractivity contribution in [2.24, 2.45) is 0 Å². The fraction of sp³-hybridized carbons (Fsp3) is 0.0714. The molecule has 0 aromatic heterocycles. The first-order chi connectivity index (χ1) is 7.79. The fourth-order valence-electron chi connectivity index (χ4n) is 1.40. The van der Waals surface area contributed by atoms with Crippen LogP contribution in [0.15, 0.2) is 58.3 Å². The van der Waals surface area contributed by atoms with Crippen molar-refractivity contribution in [3.8, 4) is 6.07 Å². The molecule has 0 bridgehead atoms. The van der Waals surface area contributed by atoms with Crippen molar-refractivity contribution in [1.82, 2.24) is 0 Å². The summed E-state index contributed by atoms with van der Waals surface area (Å²) in [7, 11) is 0. The van der Waals surface area contributed by atoms with Gasteiger partial charge in [-0.3, -0.25) is 0 Å². The SMILES string of the molecule is Cc1ccccc1Sc1ccc(C#N)cc1. The van der Waals surface area contributed by atoms with Crippen molar-refractivity contribution >= 4 is 11.8 Å². The van der Waals surface area contributed by atoms with Gasteiger partial charge in [0.25, 0.3) is 0 Å². The van der Waals surface area contributed by atoms with Crippen molar-refractivity contribution in [3.05, 3.63) is 59.7 Å². The number of aryl methyl sites for hydroxylation is 1. The number of hydrogen-bond acceptors (Lipinski definition) is 2. The second kappa shape index (κ2) is 4.87. The summed E-state index contributed by atoms with van der Waals surface area (Å²) in [6, 6.07) is 18.1. The summed E-state index contributed by atoms with van der Waals surface area (Å²) in [5, 5.41) is 8.71. The predicted octanol–water partition coefficient (Wildman–Crippen LogP) is 4.02. The average molecular weight is 225 g/mol. The maximum absolute atomic E-state index is 8.71. The number of benzene rings is 2. The van der Waals surface area contributed by atoms with E-state index in [1.54, 1.807) is 11.8 Å². The Hall–Kier alpha value is -1.72. The Morgan fingerprint density at radius 2 is 1.69 bits per heavy atom. The van der Waals surface area contributed by atoms with Crippen LogP contribution in [0.2, 0.25) is 0 Å². The summed E-state index contributed by atoms with van der Waals surface area (Å²) in [6.45, 7) is 2.10. The van der Waals surface area contributed by atoms with Gasteiger partial charge in [-0.1, -0.05) is 30.0 Å². The van der Waals surface area contributed by atoms with Gasteiger partial charge in [-0.05, 0) is 42.8 Å². The Labute approximate surface area is 99.7 Å². The molecule has 2 aromatic rings. The lowest BCUT2D eigenvalue weighted by Gasteiger charge is -2.04. The smallest absolute Gasteiger partial charge is 0.0991 e. The third kappa shape index (κ3) is 2.44. The van der Waals surface area contributed by atoms with Crippen LogP contribution in [0.3, 0.4) is 0 Å². The molecule has 2 rings (SSSR count). The zero-order valence-electron chi connectivity index (χ0n) is 8.97. The fourth-order valence-corrected chi connectivity index (χ4v) is 2.30. The van der Waals surface area contributed by atoms with Crippen molar-refractivity contribution in [2.75, 3.05) is 0 Å². The highest BCUT2D eigenvalue weighted by molar-refractivity contribution is 7.99. The zero-order valence-corrected chi connectivity index (χ0v) is 9.79. The van der Waals surface area contributed by atoms with Crippen molar-refractivity contribution in [1.29, 1.82) is 5.26 Å². The van der Waals surface area contributed by atoms with Crippen molar-refractivity contribution in [2.45, 2.75) is 16.7 Å². The van der Waals surface area contributed by atoms with E-state index in [2.05, 4.69) is 25.1 Å². The van der Waals surface area contributed by atoms with E-state index in [1.165, 1.54) is 10.5 Å². The highest BCUT2D eigenvalue weighted by Crippen LogP contribution is 2.29. The first-order valence-electron chi connectivity index (χ1n) is 5.03. The van der Waals surface area contributed by atoms with E-state index in [-0.39, 0.29) is 0 Å². The maximum Gasteiger partial charge on any atom is 0.0991 e. The van der Waals surface area contributed by atoms with Crippen LogP contribution in [0.25, 0.3) is 0 Å². The normalized spacial score (nSPS) is 9.75. The minimum absolute atomic E-state index is 0.703. The Morgan fingerprint density at radius 3 is 2.31 bits per heavy atom. The van der Waals surface area contributed by atoms with Gasteiger partial charge in [-0.2, -0.15) is 5.26 Å². The topological polar surface area (TPSA) is 23.8 Å². The Balaban J connectivity index is 2.22. The van der Waals surface area contributed by atoms with Crippen molar-refractivity contribution < 1.29 is 0 Å². The molecule has 0 spiro atoms.